The lowest BCUT2D eigenvalue weighted by molar-refractivity contribution is -0.0436. The van der Waals surface area contributed by atoms with Crippen molar-refractivity contribution in [1.82, 2.24) is 9.47 Å². The van der Waals surface area contributed by atoms with E-state index in [0.717, 1.165) is 23.1 Å². The van der Waals surface area contributed by atoms with Crippen LogP contribution in [0.15, 0.2) is 124 Å². The van der Waals surface area contributed by atoms with Crippen molar-refractivity contribution in [3.8, 4) is 22.4 Å². The van der Waals surface area contributed by atoms with Crippen molar-refractivity contribution >= 4 is 71.9 Å². The van der Waals surface area contributed by atoms with Crippen molar-refractivity contribution in [2.45, 2.75) is 58.5 Å². The van der Waals surface area contributed by atoms with E-state index < -0.39 is 76.2 Å². The van der Waals surface area contributed by atoms with Gasteiger partial charge in [0.25, 0.3) is 19.9 Å². The molecule has 0 unspecified atom stereocenters. The highest BCUT2D eigenvalue weighted by molar-refractivity contribution is 7.99. The Kier molecular flexibility index (Phi) is 16.1. The third-order valence-corrected chi connectivity index (χ3v) is 17.5. The number of likely N-dealkylation sites (tertiary alicyclic amines) is 1. The predicted molar refractivity (Wildman–Crippen MR) is 275 cm³/mol. The van der Waals surface area contributed by atoms with Crippen LogP contribution in [0, 0.1) is 18.6 Å². The Morgan fingerprint density at radius 3 is 2.11 bits per heavy atom. The molecule has 1 atom stereocenters. The Morgan fingerprint density at radius 2 is 1.48 bits per heavy atom. The second kappa shape index (κ2) is 21.9. The highest BCUT2D eigenvalue weighted by Crippen LogP contribution is 2.44. The zero-order chi connectivity index (χ0) is 52.4. The van der Waals surface area contributed by atoms with Crippen LogP contribution in [-0.2, 0) is 26.9 Å². The third kappa shape index (κ3) is 11.8. The Morgan fingerprint density at radius 1 is 0.836 bits per heavy atom. The Hall–Kier alpha value is -5.84. The number of piperidine rings is 1. The minimum absolute atomic E-state index is 0.0313. The van der Waals surface area contributed by atoms with Gasteiger partial charge in [-0.15, -0.1) is 11.8 Å². The molecule has 5 aromatic carbocycles. The zero-order valence-electron chi connectivity index (χ0n) is 39.5. The van der Waals surface area contributed by atoms with Crippen LogP contribution in [0.1, 0.15) is 35.3 Å². The summed E-state index contributed by atoms with van der Waals surface area (Å²) in [5.41, 5.74) is -5.18. The van der Waals surface area contributed by atoms with Gasteiger partial charge in [0, 0.05) is 97.2 Å². The molecule has 13 nitrogen and oxygen atoms in total. The number of aliphatic hydroxyl groups excluding tert-OH is 1. The fourth-order valence-electron chi connectivity index (χ4n) is 9.18. The van der Waals surface area contributed by atoms with Gasteiger partial charge in [-0.25, -0.2) is 30.4 Å². The van der Waals surface area contributed by atoms with E-state index >= 15 is 8.78 Å². The van der Waals surface area contributed by atoms with E-state index in [2.05, 4.69) is 14.9 Å². The minimum Gasteiger partial charge on any atom is -0.478 e. The lowest BCUT2D eigenvalue weighted by Crippen LogP contribution is -2.46. The van der Waals surface area contributed by atoms with Crippen LogP contribution in [0.25, 0.3) is 22.4 Å². The summed E-state index contributed by atoms with van der Waals surface area (Å²) in [4.78, 5) is 17.3. The summed E-state index contributed by atoms with van der Waals surface area (Å²) in [7, 11) is -9.11. The van der Waals surface area contributed by atoms with Gasteiger partial charge in [0.15, 0.2) is 5.82 Å². The molecule has 22 heteroatoms. The van der Waals surface area contributed by atoms with E-state index in [0.29, 0.717) is 85.8 Å². The van der Waals surface area contributed by atoms with Crippen molar-refractivity contribution in [3.05, 3.63) is 137 Å². The summed E-state index contributed by atoms with van der Waals surface area (Å²) in [5, 5.41) is 23.7. The molecule has 73 heavy (non-hydrogen) atoms. The second-order valence-electron chi connectivity index (χ2n) is 17.9. The molecule has 0 amide bonds. The highest BCUT2D eigenvalue weighted by atomic mass is 35.5. The second-order valence-corrected chi connectivity index (χ2v) is 23.0. The van der Waals surface area contributed by atoms with Crippen LogP contribution >= 0.6 is 23.4 Å². The molecule has 0 saturated carbocycles. The average molecular weight is 1090 g/mol. The maximum Gasteiger partial charge on any atom is 0.501 e. The number of alkyl halides is 3. The van der Waals surface area contributed by atoms with Gasteiger partial charge in [0.1, 0.15) is 10.7 Å². The first-order valence-corrected chi connectivity index (χ1v) is 27.6. The number of anilines is 4. The largest absolute Gasteiger partial charge is 0.501 e. The summed E-state index contributed by atoms with van der Waals surface area (Å²) in [6, 6.07) is 26.3. The summed E-state index contributed by atoms with van der Waals surface area (Å²) in [6.45, 7) is 4.51. The maximum absolute atomic E-state index is 16.8. The number of aromatic carboxylic acids is 1. The van der Waals surface area contributed by atoms with E-state index in [9.17, 15) is 45.0 Å². The van der Waals surface area contributed by atoms with E-state index in [1.807, 2.05) is 35.2 Å². The van der Waals surface area contributed by atoms with Gasteiger partial charge in [-0.05, 0) is 111 Å². The number of thioether (sulfide) groups is 1. The van der Waals surface area contributed by atoms with Crippen LogP contribution in [0.3, 0.4) is 0 Å². The number of nitrogens with one attached hydrogen (secondary N) is 2. The molecule has 2 aliphatic rings. The standard InChI is InChI=1S/C51H52ClF5N6O7S3/c1-32-45(50(65)66)47(49(60(32)2)33-8-10-34(52)11-9-33)46-41(53)17-19-43(48(46)54)63-28-26-62(27-29-63)37-14-12-35(13-15-37)59-73(69,70)40-16-18-42(44(30-40)72(67,68)51(55,56)57)58-36(31-71-39-6-4-3-5-7-39)20-23-61-24-21-38(64)22-25-61/h3-19,30,36,38,58-59,64H,20-29,31H2,1-2H3,(H,65,66)/t36-/m1/s1. The number of nitrogens with zero attached hydrogens (tertiary/aromatic N) is 4. The summed E-state index contributed by atoms with van der Waals surface area (Å²) in [6.07, 6.45) is 1.15. The smallest absolute Gasteiger partial charge is 0.478 e. The van der Waals surface area contributed by atoms with E-state index in [4.69, 9.17) is 11.6 Å². The fourth-order valence-corrected chi connectivity index (χ4v) is 12.4. The first kappa shape index (κ1) is 53.5. The molecule has 4 N–H and O–H groups in total. The number of halogens is 6. The Balaban J connectivity index is 0.980. The number of sulfonamides is 1. The lowest BCUT2D eigenvalue weighted by Gasteiger charge is -2.37. The van der Waals surface area contributed by atoms with Crippen molar-refractivity contribution in [2.24, 2.45) is 7.05 Å². The lowest BCUT2D eigenvalue weighted by atomic mass is 9.95. The number of aliphatic hydroxyl groups is 1. The molecule has 8 rings (SSSR count). The Bertz CT molecular complexity index is 3190. The number of carbonyl (C=O) groups is 1. The SMILES string of the molecule is Cc1c(C(=O)O)c(-c2c(F)ccc(N3CCN(c4ccc(NS(=O)(=O)c5ccc(N[C@H](CCN6CCC(O)CC6)CSc6ccccc6)c(S(=O)(=O)C(F)(F)F)c5)cc4)CC3)c2F)c(-c2ccc(Cl)cc2)n1C. The number of piperazine rings is 1. The number of benzene rings is 5. The molecule has 0 spiro atoms. The average Bonchev–Trinajstić information content (AvgIpc) is 3.62. The first-order chi connectivity index (χ1) is 34.6. The highest BCUT2D eigenvalue weighted by Gasteiger charge is 2.48. The van der Waals surface area contributed by atoms with E-state index in [-0.39, 0.29) is 41.3 Å². The third-order valence-electron chi connectivity index (χ3n) is 13.2. The van der Waals surface area contributed by atoms with Gasteiger partial charge < -0.3 is 34.8 Å². The van der Waals surface area contributed by atoms with Crippen molar-refractivity contribution in [1.29, 1.82) is 0 Å². The van der Waals surface area contributed by atoms with Crippen LogP contribution in [0.4, 0.5) is 44.7 Å². The molecule has 2 saturated heterocycles. The minimum atomic E-state index is -6.07. The van der Waals surface area contributed by atoms with Gasteiger partial charge in [-0.3, -0.25) is 4.72 Å². The van der Waals surface area contributed by atoms with Crippen LogP contribution < -0.4 is 19.8 Å². The monoisotopic (exact) mass is 1090 g/mol. The number of sulfone groups is 1. The number of hydrogen-bond donors (Lipinski definition) is 4. The van der Waals surface area contributed by atoms with Gasteiger partial charge in [-0.2, -0.15) is 13.2 Å². The molecule has 0 bridgehead atoms. The molecular weight excluding hydrogens is 1040 g/mol. The maximum atomic E-state index is 16.8. The molecular formula is C51H52ClF5N6O7S3. The van der Waals surface area contributed by atoms with Gasteiger partial charge in [0.05, 0.1) is 39.2 Å². The normalized spacial score (nSPS) is 15.6. The van der Waals surface area contributed by atoms with Crippen LogP contribution in [-0.4, -0.2) is 112 Å². The molecule has 388 valence electrons. The quantitative estimate of drug-likeness (QED) is 0.0506. The predicted octanol–water partition coefficient (Wildman–Crippen LogP) is 10.1. The number of rotatable bonds is 17. The molecule has 2 fully saturated rings. The van der Waals surface area contributed by atoms with E-state index in [1.165, 1.54) is 30.0 Å². The topological polar surface area (TPSA) is 165 Å². The number of carboxylic acid groups (broad SMARTS) is 1. The number of hydrogen-bond acceptors (Lipinski definition) is 11. The number of aromatic nitrogens is 1. The number of carboxylic acids is 1. The molecule has 6 aromatic rings. The zero-order valence-corrected chi connectivity index (χ0v) is 42.7. The van der Waals surface area contributed by atoms with Gasteiger partial charge in [0.2, 0.25) is 0 Å². The Labute approximate surface area is 429 Å². The van der Waals surface area contributed by atoms with Crippen LogP contribution in [0.2, 0.25) is 5.02 Å². The molecule has 0 aliphatic carbocycles. The van der Waals surface area contributed by atoms with Crippen molar-refractivity contribution in [2.75, 3.05) is 71.4 Å². The summed E-state index contributed by atoms with van der Waals surface area (Å²) < 4.78 is 133. The van der Waals surface area contributed by atoms with Gasteiger partial charge >= 0.3 is 11.5 Å². The molecule has 3 heterocycles. The van der Waals surface area contributed by atoms with E-state index in [1.54, 1.807) is 59.8 Å². The molecule has 2 aliphatic heterocycles. The van der Waals surface area contributed by atoms with Crippen molar-refractivity contribution in [3.63, 3.8) is 0 Å². The van der Waals surface area contributed by atoms with Crippen LogP contribution in [0.5, 0.6) is 0 Å². The summed E-state index contributed by atoms with van der Waals surface area (Å²) >= 11 is 7.55. The van der Waals surface area contributed by atoms with Gasteiger partial charge in [-0.1, -0.05) is 41.9 Å². The fraction of sp³-hybridized carbons (Fsp3) is 0.314. The van der Waals surface area contributed by atoms with Crippen molar-refractivity contribution < 1.29 is 53.8 Å². The molecule has 0 radical (unpaired) electrons. The summed E-state index contributed by atoms with van der Waals surface area (Å²) in [5.74, 6) is -2.89. The molecule has 1 aromatic heterocycles. The first-order valence-electron chi connectivity index (χ1n) is 23.2.